The fourth-order valence-electron chi connectivity index (χ4n) is 5.67. The predicted octanol–water partition coefficient (Wildman–Crippen LogP) is 9.45. The van der Waals surface area contributed by atoms with Gasteiger partial charge in [0.15, 0.2) is 72.8 Å². The number of hydrogen-bond donors (Lipinski definition) is 0. The van der Waals surface area contributed by atoms with E-state index in [-0.39, 0.29) is 6.23 Å². The Labute approximate surface area is 348 Å². The standard InChI is InChI=1S/C32H86O10Si12/c1-31(2)32(33)34-30-54(40-50(18,19)26-24-43-35-45(3,4)5,41-51(20,21)27-25-44-36-46(6,7)8)42-52(22,23)28-29-53(37-47(9,10)11,38-48(12,13)14)39-49(15,16)17/h1,24-30,43-44H2,2-23H3. The van der Waals surface area contributed by atoms with Crippen molar-refractivity contribution in [1.29, 1.82) is 0 Å². The number of hydrogen-bond acceptors (Lipinski definition) is 10. The summed E-state index contributed by atoms with van der Waals surface area (Å²) in [5.74, 6) is -0.449. The second-order valence-corrected chi connectivity index (χ2v) is 67.7. The fourth-order valence-corrected chi connectivity index (χ4v) is 51.3. The Bertz CT molecular complexity index is 1090. The van der Waals surface area contributed by atoms with Crippen LogP contribution in [0.4, 0.5) is 0 Å². The van der Waals surface area contributed by atoms with Gasteiger partial charge in [0.2, 0.25) is 0 Å². The lowest BCUT2D eigenvalue weighted by atomic mass is 10.4. The Kier molecular flexibility index (Phi) is 21.9. The van der Waals surface area contributed by atoms with Crippen molar-refractivity contribution in [3.63, 3.8) is 0 Å². The number of rotatable bonds is 28. The molecule has 0 spiro atoms. The highest BCUT2D eigenvalue weighted by Crippen LogP contribution is 2.36. The average Bonchev–Trinajstić information content (AvgIpc) is 2.86. The summed E-state index contributed by atoms with van der Waals surface area (Å²) in [7, 11) is -24.9. The Morgan fingerprint density at radius 1 is 0.444 bits per heavy atom. The van der Waals surface area contributed by atoms with Gasteiger partial charge in [-0.3, -0.25) is 0 Å². The highest BCUT2D eigenvalue weighted by Gasteiger charge is 2.56. The molecule has 0 aliphatic heterocycles. The molecule has 54 heavy (non-hydrogen) atoms. The van der Waals surface area contributed by atoms with Crippen LogP contribution < -0.4 is 0 Å². The summed E-state index contributed by atoms with van der Waals surface area (Å²) >= 11 is 0. The molecule has 0 heterocycles. The molecule has 0 aromatic heterocycles. The number of ether oxygens (including phenoxy) is 1. The fraction of sp³-hybridized carbons (Fsp3) is 0.906. The van der Waals surface area contributed by atoms with E-state index in [1.165, 1.54) is 0 Å². The van der Waals surface area contributed by atoms with Crippen LogP contribution in [0.2, 0.25) is 174 Å². The molecule has 0 radical (unpaired) electrons. The molecule has 0 aromatic rings. The van der Waals surface area contributed by atoms with E-state index in [1.54, 1.807) is 6.92 Å². The minimum Gasteiger partial charge on any atom is -0.461 e. The number of carbonyl (C=O) groups is 1. The molecule has 0 aliphatic rings. The van der Waals surface area contributed by atoms with E-state index in [2.05, 4.69) is 144 Å². The summed E-state index contributed by atoms with van der Waals surface area (Å²) in [5.41, 5.74) is 0.345. The van der Waals surface area contributed by atoms with Crippen LogP contribution in [-0.4, -0.2) is 116 Å². The second-order valence-electron chi connectivity index (χ2n) is 21.6. The predicted molar refractivity (Wildman–Crippen MR) is 261 cm³/mol. The first-order valence-corrected chi connectivity index (χ1v) is 53.4. The van der Waals surface area contributed by atoms with Crippen LogP contribution in [0.15, 0.2) is 12.2 Å². The maximum atomic E-state index is 13.1. The van der Waals surface area contributed by atoms with Gasteiger partial charge in [0.25, 0.3) is 0 Å². The first kappa shape index (κ1) is 55.5. The largest absolute Gasteiger partial charge is 0.509 e. The van der Waals surface area contributed by atoms with E-state index in [4.69, 9.17) is 37.7 Å². The number of esters is 1. The molecule has 10 nitrogen and oxygen atoms in total. The molecule has 0 fully saturated rings. The van der Waals surface area contributed by atoms with Gasteiger partial charge >= 0.3 is 23.6 Å². The summed E-state index contributed by atoms with van der Waals surface area (Å²) in [6, 6.07) is 5.36. The van der Waals surface area contributed by atoms with Crippen LogP contribution >= 0.6 is 0 Å². The summed E-state index contributed by atoms with van der Waals surface area (Å²) < 4.78 is 62.3. The number of carbonyl (C=O) groups excluding carboxylic acids is 1. The summed E-state index contributed by atoms with van der Waals surface area (Å²) in [6.07, 6.45) is -0.0293. The van der Waals surface area contributed by atoms with Gasteiger partial charge < -0.3 is 37.7 Å². The zero-order valence-electron chi connectivity index (χ0n) is 39.2. The van der Waals surface area contributed by atoms with Gasteiger partial charge in [0.05, 0.1) is 0 Å². The van der Waals surface area contributed by atoms with Gasteiger partial charge in [-0.25, -0.2) is 4.79 Å². The highest BCUT2D eigenvalue weighted by atomic mass is 28.5. The molecule has 0 saturated carbocycles. The van der Waals surface area contributed by atoms with Crippen molar-refractivity contribution in [3.8, 4) is 0 Å². The smallest absolute Gasteiger partial charge is 0.461 e. The van der Waals surface area contributed by atoms with Crippen molar-refractivity contribution in [1.82, 2.24) is 0 Å². The van der Waals surface area contributed by atoms with Gasteiger partial charge in [-0.05, 0) is 175 Å². The third-order valence-electron chi connectivity index (χ3n) is 7.36. The molecular formula is C32H86O10Si12. The Morgan fingerprint density at radius 3 is 1.04 bits per heavy atom. The molecule has 0 aromatic carbocycles. The maximum Gasteiger partial charge on any atom is 0.509 e. The van der Waals surface area contributed by atoms with Crippen LogP contribution in [-0.2, 0) is 42.5 Å². The first-order chi connectivity index (χ1) is 23.7. The lowest BCUT2D eigenvalue weighted by Gasteiger charge is -2.46. The monoisotopic (exact) mass is 966 g/mol. The van der Waals surface area contributed by atoms with Crippen LogP contribution in [0.25, 0.3) is 0 Å². The quantitative estimate of drug-likeness (QED) is 0.0327. The van der Waals surface area contributed by atoms with Crippen LogP contribution in [0.1, 0.15) is 6.92 Å². The lowest BCUT2D eigenvalue weighted by Crippen LogP contribution is -2.65. The average molecular weight is 968 g/mol. The van der Waals surface area contributed by atoms with E-state index < -0.39 is 110 Å². The van der Waals surface area contributed by atoms with Crippen molar-refractivity contribution in [2.24, 2.45) is 0 Å². The van der Waals surface area contributed by atoms with Crippen LogP contribution in [0.5, 0.6) is 0 Å². The molecule has 0 unspecified atom stereocenters. The SMILES string of the molecule is C=C(C)C(=O)OC[Si](O[Si](C)(C)CC[SiH2]O[Si](C)(C)C)(O[Si](C)(C)CC[SiH2]O[Si](C)(C)C)O[Si](C)(C)CC[Si](O[Si](C)(C)C)(O[Si](C)(C)C)O[Si](C)(C)C. The normalized spacial score (nSPS) is 16.1. The molecule has 22 heteroatoms. The maximum absolute atomic E-state index is 13.1. The summed E-state index contributed by atoms with van der Waals surface area (Å²) in [4.78, 5) is 13.1. The van der Waals surface area contributed by atoms with Gasteiger partial charge in [-0.15, -0.1) is 0 Å². The zero-order valence-corrected chi connectivity index (χ0v) is 52.0. The van der Waals surface area contributed by atoms with Crippen molar-refractivity contribution >= 4 is 110 Å². The summed E-state index contributed by atoms with van der Waals surface area (Å²) in [6.45, 7) is 52.6. The molecule has 0 N–H and O–H groups in total. The molecular weight excluding hydrogens is 881 g/mol. The Hall–Kier alpha value is 1.49. The van der Waals surface area contributed by atoms with Crippen molar-refractivity contribution in [3.05, 3.63) is 12.2 Å². The first-order valence-electron chi connectivity index (χ1n) is 20.0. The van der Waals surface area contributed by atoms with Crippen molar-refractivity contribution in [2.75, 3.05) is 6.23 Å². The van der Waals surface area contributed by atoms with Gasteiger partial charge in [-0.1, -0.05) is 6.58 Å². The van der Waals surface area contributed by atoms with Gasteiger partial charge in [0, 0.05) is 11.6 Å². The third kappa shape index (κ3) is 28.0. The molecule has 0 aliphatic carbocycles. The molecule has 0 atom stereocenters. The van der Waals surface area contributed by atoms with Crippen LogP contribution in [0, 0.1) is 0 Å². The Morgan fingerprint density at radius 2 is 0.759 bits per heavy atom. The van der Waals surface area contributed by atoms with E-state index in [0.29, 0.717) is 11.6 Å². The topological polar surface area (TPSA) is 100 Å². The molecule has 322 valence electrons. The minimum atomic E-state index is -3.65. The van der Waals surface area contributed by atoms with E-state index in [9.17, 15) is 4.79 Å². The molecule has 0 rings (SSSR count). The second kappa shape index (κ2) is 21.3. The Balaban J connectivity index is 7.10. The lowest BCUT2D eigenvalue weighted by molar-refractivity contribution is -0.138. The molecule has 0 amide bonds. The van der Waals surface area contributed by atoms with E-state index in [0.717, 1.165) is 30.2 Å². The van der Waals surface area contributed by atoms with Crippen molar-refractivity contribution in [2.45, 2.75) is 181 Å². The van der Waals surface area contributed by atoms with Gasteiger partial charge in [-0.2, -0.15) is 0 Å². The van der Waals surface area contributed by atoms with Crippen LogP contribution in [0.3, 0.4) is 0 Å². The van der Waals surface area contributed by atoms with Crippen molar-refractivity contribution < 1.29 is 42.5 Å². The summed E-state index contributed by atoms with van der Waals surface area (Å²) in [5, 5.41) is 0. The highest BCUT2D eigenvalue weighted by molar-refractivity contribution is 6.93. The minimum absolute atomic E-state index is 0.0293. The molecule has 0 saturated heterocycles. The van der Waals surface area contributed by atoms with Gasteiger partial charge in [0.1, 0.15) is 19.5 Å². The van der Waals surface area contributed by atoms with E-state index in [1.807, 2.05) is 0 Å². The van der Waals surface area contributed by atoms with E-state index >= 15 is 0 Å². The molecule has 0 bridgehead atoms. The zero-order chi connectivity index (χ0) is 42.9. The third-order valence-corrected chi connectivity index (χ3v) is 46.5.